The van der Waals surface area contributed by atoms with Gasteiger partial charge in [0.2, 0.25) is 0 Å². The number of rotatable bonds is 11. The van der Waals surface area contributed by atoms with E-state index in [1.54, 1.807) is 0 Å². The van der Waals surface area contributed by atoms with Gasteiger partial charge in [0.1, 0.15) is 17.8 Å². The van der Waals surface area contributed by atoms with Crippen LogP contribution in [0.4, 0.5) is 0 Å². The molecule has 3 saturated heterocycles. The van der Waals surface area contributed by atoms with E-state index in [2.05, 4.69) is 0 Å². The maximum absolute atomic E-state index is 10.7. The van der Waals surface area contributed by atoms with Gasteiger partial charge in [0.25, 0.3) is 0 Å². The predicted octanol–water partition coefficient (Wildman–Crippen LogP) is -4.15. The molecule has 14 nitrogen and oxygen atoms in total. The first kappa shape index (κ1) is 32.0. The van der Waals surface area contributed by atoms with Crippen LogP contribution in [0, 0.1) is 11.8 Å². The van der Waals surface area contributed by atoms with Crippen molar-refractivity contribution >= 4 is 0 Å². The highest BCUT2D eigenvalue weighted by Crippen LogP contribution is 2.35. The predicted molar refractivity (Wildman–Crippen MR) is 127 cm³/mol. The van der Waals surface area contributed by atoms with Crippen molar-refractivity contribution < 1.29 is 69.6 Å². The van der Waals surface area contributed by atoms with E-state index in [0.29, 0.717) is 0 Å². The van der Waals surface area contributed by atoms with Gasteiger partial charge in [0, 0.05) is 24.7 Å². The molecule has 0 bridgehead atoms. The normalized spacial score (nSPS) is 48.2. The highest BCUT2D eigenvalue weighted by molar-refractivity contribution is 4.97. The van der Waals surface area contributed by atoms with Gasteiger partial charge in [-0.05, 0) is 13.8 Å². The smallest absolute Gasteiger partial charge is 0.184 e. The van der Waals surface area contributed by atoms with Crippen LogP contribution in [-0.2, 0) is 23.7 Å². The molecule has 3 heterocycles. The Morgan fingerprint density at radius 2 is 1.32 bits per heavy atom. The van der Waals surface area contributed by atoms with Crippen molar-refractivity contribution in [2.24, 2.45) is 11.8 Å². The summed E-state index contributed by atoms with van der Waals surface area (Å²) in [5.74, 6) is -1.43. The van der Waals surface area contributed by atoms with Gasteiger partial charge in [0.05, 0.1) is 88.5 Å². The maximum atomic E-state index is 10.7. The molecule has 0 aromatic heterocycles. The molecule has 3 fully saturated rings. The van der Waals surface area contributed by atoms with Crippen molar-refractivity contribution in [2.45, 2.75) is 93.0 Å². The number of hydrogen-bond donors (Lipinski definition) is 9. The third-order valence-corrected chi connectivity index (χ3v) is 8.03. The molecule has 0 aromatic carbocycles. The molecular weight excluding hydrogens is 512 g/mol. The van der Waals surface area contributed by atoms with Gasteiger partial charge in [0.15, 0.2) is 6.29 Å². The SMILES string of the molecule is CC1(CO)O[C@H](COC[C@H]2C(O)C[C@@H](COC[C@H]3C(O)C(O)[C@@H](O)OC3(C)CO)OC2CO)CC(O)[C@@H]1O. The number of ether oxygens (including phenoxy) is 5. The largest absolute Gasteiger partial charge is 0.394 e. The van der Waals surface area contributed by atoms with Gasteiger partial charge in [-0.15, -0.1) is 0 Å². The quantitative estimate of drug-likeness (QED) is 0.118. The molecule has 0 amide bonds. The zero-order valence-corrected chi connectivity index (χ0v) is 21.8. The molecule has 38 heavy (non-hydrogen) atoms. The van der Waals surface area contributed by atoms with Crippen LogP contribution >= 0.6 is 0 Å². The number of aliphatic hydroxyl groups excluding tert-OH is 9. The zero-order valence-electron chi connectivity index (χ0n) is 21.8. The van der Waals surface area contributed by atoms with E-state index in [1.165, 1.54) is 13.8 Å². The Bertz CT molecular complexity index is 730. The first-order valence-electron chi connectivity index (χ1n) is 13.0. The van der Waals surface area contributed by atoms with E-state index in [0.717, 1.165) is 0 Å². The molecule has 0 aliphatic carbocycles. The Morgan fingerprint density at radius 1 is 0.711 bits per heavy atom. The lowest BCUT2D eigenvalue weighted by Crippen LogP contribution is -2.62. The second-order valence-electron chi connectivity index (χ2n) is 11.0. The van der Waals surface area contributed by atoms with Crippen LogP contribution in [0.25, 0.3) is 0 Å². The van der Waals surface area contributed by atoms with Crippen LogP contribution < -0.4 is 0 Å². The fourth-order valence-electron chi connectivity index (χ4n) is 5.43. The van der Waals surface area contributed by atoms with E-state index in [4.69, 9.17) is 23.7 Å². The van der Waals surface area contributed by atoms with Gasteiger partial charge in [-0.2, -0.15) is 0 Å². The van der Waals surface area contributed by atoms with Gasteiger partial charge in [-0.3, -0.25) is 0 Å². The van der Waals surface area contributed by atoms with Crippen molar-refractivity contribution in [2.75, 3.05) is 46.2 Å². The lowest BCUT2D eigenvalue weighted by Gasteiger charge is -2.47. The highest BCUT2D eigenvalue weighted by atomic mass is 16.6. The molecule has 0 spiro atoms. The summed E-state index contributed by atoms with van der Waals surface area (Å²) in [6, 6.07) is 0. The fraction of sp³-hybridized carbons (Fsp3) is 1.00. The number of aliphatic hydroxyl groups is 9. The second-order valence-corrected chi connectivity index (χ2v) is 11.0. The van der Waals surface area contributed by atoms with Crippen molar-refractivity contribution in [3.8, 4) is 0 Å². The minimum atomic E-state index is -1.65. The minimum absolute atomic E-state index is 0.0135. The van der Waals surface area contributed by atoms with E-state index in [-0.39, 0.29) is 39.3 Å². The third-order valence-electron chi connectivity index (χ3n) is 8.03. The molecule has 3 rings (SSSR count). The Morgan fingerprint density at radius 3 is 1.95 bits per heavy atom. The van der Waals surface area contributed by atoms with Gasteiger partial charge in [-0.1, -0.05) is 0 Å². The summed E-state index contributed by atoms with van der Waals surface area (Å²) in [6.45, 7) is 1.48. The van der Waals surface area contributed by atoms with Crippen LogP contribution in [0.5, 0.6) is 0 Å². The lowest BCUT2D eigenvalue weighted by molar-refractivity contribution is -0.315. The average molecular weight is 557 g/mol. The van der Waals surface area contributed by atoms with Crippen molar-refractivity contribution in [1.29, 1.82) is 0 Å². The number of hydrogen-bond acceptors (Lipinski definition) is 14. The van der Waals surface area contributed by atoms with Crippen molar-refractivity contribution in [3.63, 3.8) is 0 Å². The summed E-state index contributed by atoms with van der Waals surface area (Å²) >= 11 is 0. The molecule has 0 radical (unpaired) electrons. The summed E-state index contributed by atoms with van der Waals surface area (Å²) in [6.07, 6.45) is -9.54. The fourth-order valence-corrected chi connectivity index (χ4v) is 5.43. The van der Waals surface area contributed by atoms with E-state index in [1.807, 2.05) is 0 Å². The second kappa shape index (κ2) is 13.4. The van der Waals surface area contributed by atoms with Crippen molar-refractivity contribution in [3.05, 3.63) is 0 Å². The lowest BCUT2D eigenvalue weighted by atomic mass is 9.80. The molecule has 13 atom stereocenters. The van der Waals surface area contributed by atoms with Gasteiger partial charge < -0.3 is 69.6 Å². The summed E-state index contributed by atoms with van der Waals surface area (Å²) in [4.78, 5) is 0. The Labute approximate surface area is 221 Å². The molecule has 0 aromatic rings. The van der Waals surface area contributed by atoms with Crippen LogP contribution in [0.2, 0.25) is 0 Å². The molecule has 7 unspecified atom stereocenters. The van der Waals surface area contributed by atoms with Gasteiger partial charge >= 0.3 is 0 Å². The Balaban J connectivity index is 1.47. The average Bonchev–Trinajstić information content (AvgIpc) is 2.88. The third kappa shape index (κ3) is 7.01. The summed E-state index contributed by atoms with van der Waals surface area (Å²) < 4.78 is 28.3. The molecule has 14 heteroatoms. The first-order chi connectivity index (χ1) is 17.9. The van der Waals surface area contributed by atoms with Crippen LogP contribution in [-0.4, -0.2) is 159 Å². The minimum Gasteiger partial charge on any atom is -0.394 e. The van der Waals surface area contributed by atoms with E-state index >= 15 is 0 Å². The molecule has 3 aliphatic heterocycles. The Hall–Kier alpha value is -0.560. The molecular formula is C24H44O14. The van der Waals surface area contributed by atoms with Crippen LogP contribution in [0.1, 0.15) is 26.7 Å². The van der Waals surface area contributed by atoms with Crippen LogP contribution in [0.3, 0.4) is 0 Å². The van der Waals surface area contributed by atoms with Gasteiger partial charge in [-0.25, -0.2) is 0 Å². The standard InChI is InChI=1S/C24H44O14/c1-23(10-26)15(19(30)20(31)22(33)38-23)9-35-6-12-3-16(28)14(18(5-25)36-12)8-34-7-13-4-17(29)21(32)24(2,11-27)37-13/h12-22,25-33H,3-11H2,1-2H3/t12-,13-,14-,15-,16?,17?,18?,19?,20?,21-,22-,23?,24?/m0/s1. The summed E-state index contributed by atoms with van der Waals surface area (Å²) in [5, 5.41) is 90.1. The van der Waals surface area contributed by atoms with E-state index in [9.17, 15) is 46.0 Å². The molecule has 3 aliphatic rings. The Kier molecular flexibility index (Phi) is 11.3. The van der Waals surface area contributed by atoms with Crippen molar-refractivity contribution in [1.82, 2.24) is 0 Å². The van der Waals surface area contributed by atoms with E-state index < -0.39 is 98.0 Å². The highest BCUT2D eigenvalue weighted by Gasteiger charge is 2.51. The summed E-state index contributed by atoms with van der Waals surface area (Å²) in [7, 11) is 0. The topological polar surface area (TPSA) is 228 Å². The molecule has 224 valence electrons. The molecule has 0 saturated carbocycles. The maximum Gasteiger partial charge on any atom is 0.184 e. The zero-order chi connectivity index (χ0) is 28.3. The summed E-state index contributed by atoms with van der Waals surface area (Å²) in [5.41, 5.74) is -2.68. The molecule has 9 N–H and O–H groups in total. The van der Waals surface area contributed by atoms with Crippen LogP contribution in [0.15, 0.2) is 0 Å². The monoisotopic (exact) mass is 556 g/mol. The first-order valence-corrected chi connectivity index (χ1v) is 13.0.